The molecule has 0 heterocycles. The average molecular weight is 336 g/mol. The third-order valence-electron chi connectivity index (χ3n) is 3.16. The summed E-state index contributed by atoms with van der Waals surface area (Å²) < 4.78 is 25.4. The van der Waals surface area contributed by atoms with Gasteiger partial charge in [0.15, 0.2) is 23.1 Å². The summed E-state index contributed by atoms with van der Waals surface area (Å²) in [4.78, 5) is 21.8. The van der Waals surface area contributed by atoms with Crippen LogP contribution in [0.25, 0.3) is 0 Å². The second kappa shape index (κ2) is 8.19. The van der Waals surface area contributed by atoms with Crippen molar-refractivity contribution < 1.29 is 19.0 Å². The minimum absolute atomic E-state index is 0.000463. The molecule has 2 rings (SSSR count). The van der Waals surface area contributed by atoms with Crippen molar-refractivity contribution in [2.24, 2.45) is 0 Å². The highest BCUT2D eigenvalue weighted by molar-refractivity contribution is 5.33. The van der Waals surface area contributed by atoms with E-state index >= 15 is 0 Å². The largest absolute Gasteiger partial charge is 0.504 e. The predicted molar refractivity (Wildman–Crippen MR) is 87.5 cm³/mol. The molecule has 0 atom stereocenters. The summed E-state index contributed by atoms with van der Waals surface area (Å²) in [5.74, 6) is -3.11. The standard InChI is InChI=1S/C10H11FO2.C8H7FO2/c1-6(2)7-4-3-5-8(11)10(13)9(7)12;1-5-2-3-7(10)8(11)6(9)4-5/h3-6H,1-2H3,(H,12,13);2-4H,1H3,(H,10,11). The molecule has 0 fully saturated rings. The smallest absolute Gasteiger partial charge is 0.255 e. The topological polar surface area (TPSA) is 74.6 Å². The molecule has 2 N–H and O–H groups in total. The first-order valence-corrected chi connectivity index (χ1v) is 7.16. The van der Waals surface area contributed by atoms with Crippen molar-refractivity contribution >= 4 is 0 Å². The molecule has 0 aliphatic heterocycles. The van der Waals surface area contributed by atoms with E-state index in [4.69, 9.17) is 5.11 Å². The lowest BCUT2D eigenvalue weighted by atomic mass is 10.0. The van der Waals surface area contributed by atoms with Gasteiger partial charge in [-0.2, -0.15) is 0 Å². The maximum atomic E-state index is 12.8. The van der Waals surface area contributed by atoms with Gasteiger partial charge in [-0.25, -0.2) is 8.78 Å². The summed E-state index contributed by atoms with van der Waals surface area (Å²) >= 11 is 0. The highest BCUT2D eigenvalue weighted by atomic mass is 19.1. The van der Waals surface area contributed by atoms with Crippen LogP contribution in [0.5, 0.6) is 11.5 Å². The fourth-order valence-electron chi connectivity index (χ4n) is 1.82. The minimum Gasteiger partial charge on any atom is -0.504 e. The summed E-state index contributed by atoms with van der Waals surface area (Å²) in [6, 6.07) is 7.71. The van der Waals surface area contributed by atoms with Gasteiger partial charge < -0.3 is 10.2 Å². The number of hydrogen-bond donors (Lipinski definition) is 2. The zero-order chi connectivity index (χ0) is 18.4. The van der Waals surface area contributed by atoms with E-state index in [2.05, 4.69) is 0 Å². The van der Waals surface area contributed by atoms with Crippen LogP contribution in [-0.2, 0) is 0 Å². The third-order valence-corrected chi connectivity index (χ3v) is 3.16. The fraction of sp³-hybridized carbons (Fsp3) is 0.222. The summed E-state index contributed by atoms with van der Waals surface area (Å²) in [7, 11) is 0. The van der Waals surface area contributed by atoms with Gasteiger partial charge in [-0.15, -0.1) is 0 Å². The van der Waals surface area contributed by atoms with Gasteiger partial charge in [-0.1, -0.05) is 32.0 Å². The van der Waals surface area contributed by atoms with Crippen LogP contribution in [0.4, 0.5) is 8.78 Å². The predicted octanol–water partition coefficient (Wildman–Crippen LogP) is 3.21. The van der Waals surface area contributed by atoms with Crippen LogP contribution >= 0.6 is 0 Å². The Labute approximate surface area is 137 Å². The molecule has 0 unspecified atom stereocenters. The SMILES string of the molecule is CC(C)c1cccc(F)c(=O)c1O.Cc1ccc(=O)c(O)c(F)c1. The van der Waals surface area contributed by atoms with Crippen LogP contribution in [-0.4, -0.2) is 10.2 Å². The molecule has 0 bridgehead atoms. The van der Waals surface area contributed by atoms with E-state index in [9.17, 15) is 23.5 Å². The Hall–Kier alpha value is -2.76. The number of aryl methyl sites for hydroxylation is 1. The maximum absolute atomic E-state index is 12.8. The maximum Gasteiger partial charge on any atom is 0.255 e. The molecule has 0 spiro atoms. The van der Waals surface area contributed by atoms with Gasteiger partial charge in [0.2, 0.25) is 5.43 Å². The second-order valence-electron chi connectivity index (χ2n) is 5.44. The zero-order valence-corrected chi connectivity index (χ0v) is 13.5. The molecular formula is C18H18F2O4. The van der Waals surface area contributed by atoms with Crippen LogP contribution in [0.2, 0.25) is 0 Å². The Bertz CT molecular complexity index is 849. The lowest BCUT2D eigenvalue weighted by Crippen LogP contribution is -2.03. The molecular weight excluding hydrogens is 318 g/mol. The highest BCUT2D eigenvalue weighted by Crippen LogP contribution is 2.20. The molecule has 24 heavy (non-hydrogen) atoms. The Kier molecular flexibility index (Phi) is 6.58. The van der Waals surface area contributed by atoms with Crippen LogP contribution in [0.3, 0.4) is 0 Å². The van der Waals surface area contributed by atoms with E-state index in [0.29, 0.717) is 11.1 Å². The van der Waals surface area contributed by atoms with Gasteiger partial charge in [0.25, 0.3) is 5.43 Å². The summed E-state index contributed by atoms with van der Waals surface area (Å²) in [5.41, 5.74) is -0.571. The molecule has 0 aliphatic rings. The number of halogens is 2. The van der Waals surface area contributed by atoms with Crippen LogP contribution in [0, 0.1) is 18.6 Å². The third kappa shape index (κ3) is 4.87. The minimum atomic E-state index is -0.936. The van der Waals surface area contributed by atoms with E-state index < -0.39 is 34.0 Å². The Morgan fingerprint density at radius 2 is 1.54 bits per heavy atom. The highest BCUT2D eigenvalue weighted by Gasteiger charge is 2.09. The van der Waals surface area contributed by atoms with Gasteiger partial charge in [0.1, 0.15) is 0 Å². The van der Waals surface area contributed by atoms with Gasteiger partial charge in [-0.3, -0.25) is 9.59 Å². The lowest BCUT2D eigenvalue weighted by Gasteiger charge is -2.02. The summed E-state index contributed by atoms with van der Waals surface area (Å²) in [6.07, 6.45) is 0. The van der Waals surface area contributed by atoms with E-state index in [1.54, 1.807) is 13.0 Å². The van der Waals surface area contributed by atoms with E-state index in [1.165, 1.54) is 12.1 Å². The Morgan fingerprint density at radius 3 is 2.12 bits per heavy atom. The van der Waals surface area contributed by atoms with Crippen molar-refractivity contribution in [3.05, 3.63) is 79.6 Å². The summed E-state index contributed by atoms with van der Waals surface area (Å²) in [5, 5.41) is 18.2. The molecule has 0 amide bonds. The second-order valence-corrected chi connectivity index (χ2v) is 5.44. The first kappa shape index (κ1) is 19.3. The van der Waals surface area contributed by atoms with Gasteiger partial charge in [0, 0.05) is 5.56 Å². The molecule has 0 saturated heterocycles. The van der Waals surface area contributed by atoms with E-state index in [1.807, 2.05) is 13.8 Å². The van der Waals surface area contributed by atoms with Crippen LogP contribution in [0.15, 0.2) is 46.0 Å². The number of hydrogen-bond acceptors (Lipinski definition) is 4. The molecule has 0 aliphatic carbocycles. The lowest BCUT2D eigenvalue weighted by molar-refractivity contribution is 0.429. The van der Waals surface area contributed by atoms with Crippen LogP contribution < -0.4 is 10.9 Å². The summed E-state index contributed by atoms with van der Waals surface area (Å²) in [6.45, 7) is 5.29. The molecule has 4 nitrogen and oxygen atoms in total. The Morgan fingerprint density at radius 1 is 0.917 bits per heavy atom. The van der Waals surface area contributed by atoms with Gasteiger partial charge >= 0.3 is 0 Å². The molecule has 6 heteroatoms. The first-order chi connectivity index (χ1) is 11.1. The molecule has 0 radical (unpaired) electrons. The van der Waals surface area contributed by atoms with Crippen molar-refractivity contribution in [2.45, 2.75) is 26.7 Å². The average Bonchev–Trinajstić information content (AvgIpc) is 2.72. The van der Waals surface area contributed by atoms with Crippen molar-refractivity contribution in [3.8, 4) is 11.5 Å². The first-order valence-electron chi connectivity index (χ1n) is 7.16. The van der Waals surface area contributed by atoms with Crippen LogP contribution in [0.1, 0.15) is 30.9 Å². The molecule has 0 aromatic heterocycles. The van der Waals surface area contributed by atoms with E-state index in [-0.39, 0.29) is 5.92 Å². The molecule has 128 valence electrons. The normalized spacial score (nSPS) is 10.1. The molecule has 0 saturated carbocycles. The van der Waals surface area contributed by atoms with Gasteiger partial charge in [0.05, 0.1) is 0 Å². The molecule has 2 aromatic rings. The zero-order valence-electron chi connectivity index (χ0n) is 13.5. The quantitative estimate of drug-likeness (QED) is 0.838. The fourth-order valence-corrected chi connectivity index (χ4v) is 1.82. The van der Waals surface area contributed by atoms with Crippen molar-refractivity contribution in [3.63, 3.8) is 0 Å². The van der Waals surface area contributed by atoms with E-state index in [0.717, 1.165) is 18.2 Å². The monoisotopic (exact) mass is 336 g/mol. The number of rotatable bonds is 1. The van der Waals surface area contributed by atoms with Crippen molar-refractivity contribution in [1.29, 1.82) is 0 Å². The van der Waals surface area contributed by atoms with Crippen molar-refractivity contribution in [1.82, 2.24) is 0 Å². The number of aromatic hydroxyl groups is 2. The molecule has 2 aromatic carbocycles. The van der Waals surface area contributed by atoms with Gasteiger partial charge in [-0.05, 0) is 36.6 Å². The van der Waals surface area contributed by atoms with Crippen molar-refractivity contribution in [2.75, 3.05) is 0 Å². The Balaban J connectivity index is 0.000000243.